The zero-order chi connectivity index (χ0) is 20.7. The van der Waals surface area contributed by atoms with Gasteiger partial charge in [-0.25, -0.2) is 0 Å². The molecule has 0 radical (unpaired) electrons. The molecule has 2 N–H and O–H groups in total. The van der Waals surface area contributed by atoms with E-state index in [1.807, 2.05) is 6.92 Å². The summed E-state index contributed by atoms with van der Waals surface area (Å²) in [7, 11) is 0. The number of carbonyl (C=O) groups excluding carboxylic acids is 3. The van der Waals surface area contributed by atoms with E-state index in [0.717, 1.165) is 14.5 Å². The summed E-state index contributed by atoms with van der Waals surface area (Å²) < 4.78 is 6.52. The minimum atomic E-state index is -0.633. The Balaban J connectivity index is 1.73. The van der Waals surface area contributed by atoms with Gasteiger partial charge in [0, 0.05) is 26.7 Å². The van der Waals surface area contributed by atoms with E-state index in [1.54, 1.807) is 36.4 Å². The Hall–Kier alpha value is -1.90. The largest absolute Gasteiger partial charge is 0.456 e. The van der Waals surface area contributed by atoms with Gasteiger partial charge < -0.3 is 15.4 Å². The predicted octanol–water partition coefficient (Wildman–Crippen LogP) is 5.07. The first-order chi connectivity index (χ1) is 13.2. The van der Waals surface area contributed by atoms with Gasteiger partial charge >= 0.3 is 5.97 Å². The highest BCUT2D eigenvalue weighted by Gasteiger charge is 2.12. The SMILES string of the molecule is Cc1cc(Br)c(Cl)cc1NC(=O)COC(=O)CCC(=O)Nc1ccc(Br)cc1. The van der Waals surface area contributed by atoms with Crippen molar-refractivity contribution in [2.45, 2.75) is 19.8 Å². The molecule has 28 heavy (non-hydrogen) atoms. The number of halogens is 3. The first-order valence-electron chi connectivity index (χ1n) is 8.21. The molecule has 6 nitrogen and oxygen atoms in total. The molecule has 0 spiro atoms. The van der Waals surface area contributed by atoms with Crippen LogP contribution >= 0.6 is 43.5 Å². The number of anilines is 2. The van der Waals surface area contributed by atoms with Gasteiger partial charge in [0.1, 0.15) is 0 Å². The van der Waals surface area contributed by atoms with E-state index in [2.05, 4.69) is 42.5 Å². The van der Waals surface area contributed by atoms with Crippen LogP contribution in [0.1, 0.15) is 18.4 Å². The molecule has 0 aromatic heterocycles. The van der Waals surface area contributed by atoms with Crippen LogP contribution in [0, 0.1) is 6.92 Å². The maximum atomic E-state index is 11.9. The quantitative estimate of drug-likeness (QED) is 0.488. The van der Waals surface area contributed by atoms with E-state index in [4.69, 9.17) is 16.3 Å². The van der Waals surface area contributed by atoms with E-state index in [-0.39, 0.29) is 18.7 Å². The van der Waals surface area contributed by atoms with Crippen LogP contribution in [0.25, 0.3) is 0 Å². The standard InChI is InChI=1S/C19H17Br2ClN2O4/c1-11-8-14(21)15(22)9-16(11)24-18(26)10-28-19(27)7-6-17(25)23-13-4-2-12(20)3-5-13/h2-5,8-9H,6-7,10H2,1H3,(H,23,25)(H,24,26). The summed E-state index contributed by atoms with van der Waals surface area (Å²) in [6, 6.07) is 10.4. The van der Waals surface area contributed by atoms with Gasteiger partial charge in [-0.3, -0.25) is 14.4 Å². The third kappa shape index (κ3) is 7.26. The lowest BCUT2D eigenvalue weighted by molar-refractivity contribution is -0.147. The second-order valence-electron chi connectivity index (χ2n) is 5.85. The van der Waals surface area contributed by atoms with Crippen LogP contribution in [-0.4, -0.2) is 24.4 Å². The van der Waals surface area contributed by atoms with E-state index in [0.29, 0.717) is 16.4 Å². The molecule has 0 bridgehead atoms. The maximum Gasteiger partial charge on any atom is 0.306 e. The highest BCUT2D eigenvalue weighted by molar-refractivity contribution is 9.10. The molecule has 0 aliphatic carbocycles. The van der Waals surface area contributed by atoms with Crippen molar-refractivity contribution in [1.82, 2.24) is 0 Å². The monoisotopic (exact) mass is 530 g/mol. The number of hydrogen-bond acceptors (Lipinski definition) is 4. The van der Waals surface area contributed by atoms with Gasteiger partial charge in [0.2, 0.25) is 5.91 Å². The van der Waals surface area contributed by atoms with Crippen molar-refractivity contribution in [2.75, 3.05) is 17.2 Å². The van der Waals surface area contributed by atoms with Gasteiger partial charge in [-0.15, -0.1) is 0 Å². The van der Waals surface area contributed by atoms with Gasteiger partial charge in [-0.1, -0.05) is 27.5 Å². The number of nitrogens with one attached hydrogen (secondary N) is 2. The molecule has 0 unspecified atom stereocenters. The number of hydrogen-bond donors (Lipinski definition) is 2. The van der Waals surface area contributed by atoms with E-state index < -0.39 is 18.5 Å². The Morgan fingerprint density at radius 1 is 1.00 bits per heavy atom. The fourth-order valence-electron chi connectivity index (χ4n) is 2.16. The number of benzene rings is 2. The van der Waals surface area contributed by atoms with Crippen LogP contribution in [0.15, 0.2) is 45.3 Å². The molecule has 148 valence electrons. The second kappa shape index (κ2) is 10.6. The minimum Gasteiger partial charge on any atom is -0.456 e. The van der Waals surface area contributed by atoms with Crippen molar-refractivity contribution in [3.63, 3.8) is 0 Å². The van der Waals surface area contributed by atoms with E-state index >= 15 is 0 Å². The smallest absolute Gasteiger partial charge is 0.306 e. The molecule has 0 aliphatic rings. The van der Waals surface area contributed by atoms with Crippen LogP contribution in [0.4, 0.5) is 11.4 Å². The molecular weight excluding hydrogens is 515 g/mol. The van der Waals surface area contributed by atoms with Crippen molar-refractivity contribution in [2.24, 2.45) is 0 Å². The van der Waals surface area contributed by atoms with Crippen LogP contribution in [0.2, 0.25) is 5.02 Å². The van der Waals surface area contributed by atoms with Crippen LogP contribution in [0.5, 0.6) is 0 Å². The number of ether oxygens (including phenoxy) is 1. The Bertz CT molecular complexity index is 888. The third-order valence-electron chi connectivity index (χ3n) is 3.59. The summed E-state index contributed by atoms with van der Waals surface area (Å²) >= 11 is 12.6. The van der Waals surface area contributed by atoms with Gasteiger partial charge in [0.15, 0.2) is 6.61 Å². The Kier molecular flexibility index (Phi) is 8.47. The fraction of sp³-hybridized carbons (Fsp3) is 0.211. The lowest BCUT2D eigenvalue weighted by atomic mass is 10.2. The highest BCUT2D eigenvalue weighted by Crippen LogP contribution is 2.28. The van der Waals surface area contributed by atoms with Crippen LogP contribution in [-0.2, 0) is 19.1 Å². The number of carbonyl (C=O) groups is 3. The fourth-order valence-corrected chi connectivity index (χ4v) is 3.04. The van der Waals surface area contributed by atoms with E-state index in [9.17, 15) is 14.4 Å². The molecule has 9 heteroatoms. The molecule has 2 aromatic rings. The predicted molar refractivity (Wildman–Crippen MR) is 115 cm³/mol. The first kappa shape index (κ1) is 22.4. The molecule has 2 aromatic carbocycles. The number of aryl methyl sites for hydroxylation is 1. The average Bonchev–Trinajstić information content (AvgIpc) is 2.64. The summed E-state index contributed by atoms with van der Waals surface area (Å²) in [5, 5.41) is 5.76. The summed E-state index contributed by atoms with van der Waals surface area (Å²) in [6.07, 6.45) is -0.170. The van der Waals surface area contributed by atoms with Gasteiger partial charge in [0.05, 0.1) is 11.4 Å². The van der Waals surface area contributed by atoms with Crippen LogP contribution < -0.4 is 10.6 Å². The Morgan fingerprint density at radius 3 is 2.36 bits per heavy atom. The van der Waals surface area contributed by atoms with Crippen molar-refractivity contribution >= 4 is 72.6 Å². The normalized spacial score (nSPS) is 10.3. The van der Waals surface area contributed by atoms with Gasteiger partial charge in [-0.2, -0.15) is 0 Å². The van der Waals surface area contributed by atoms with Crippen molar-refractivity contribution in [3.8, 4) is 0 Å². The first-order valence-corrected chi connectivity index (χ1v) is 10.2. The molecule has 2 rings (SSSR count). The van der Waals surface area contributed by atoms with Crippen molar-refractivity contribution < 1.29 is 19.1 Å². The number of amides is 2. The second-order valence-corrected chi connectivity index (χ2v) is 8.02. The van der Waals surface area contributed by atoms with Crippen LogP contribution in [0.3, 0.4) is 0 Å². The summed E-state index contributed by atoms with van der Waals surface area (Å²) in [6.45, 7) is 1.37. The molecule has 0 aliphatic heterocycles. The molecule has 0 saturated carbocycles. The Labute approximate surface area is 184 Å². The topological polar surface area (TPSA) is 84.5 Å². The highest BCUT2D eigenvalue weighted by atomic mass is 79.9. The Morgan fingerprint density at radius 2 is 1.68 bits per heavy atom. The van der Waals surface area contributed by atoms with E-state index in [1.165, 1.54) is 0 Å². The summed E-state index contributed by atoms with van der Waals surface area (Å²) in [5.41, 5.74) is 1.97. The molecule has 2 amide bonds. The average molecular weight is 533 g/mol. The maximum absolute atomic E-state index is 11.9. The molecule has 0 heterocycles. The molecule has 0 fully saturated rings. The third-order valence-corrected chi connectivity index (χ3v) is 5.32. The van der Waals surface area contributed by atoms with Gasteiger partial charge in [-0.05, 0) is 64.8 Å². The van der Waals surface area contributed by atoms with Crippen molar-refractivity contribution in [1.29, 1.82) is 0 Å². The molecular formula is C19H17Br2ClN2O4. The molecule has 0 atom stereocenters. The van der Waals surface area contributed by atoms with Gasteiger partial charge in [0.25, 0.3) is 5.91 Å². The lowest BCUT2D eigenvalue weighted by Crippen LogP contribution is -2.22. The molecule has 0 saturated heterocycles. The summed E-state index contributed by atoms with van der Waals surface area (Å²) in [5.74, 6) is -1.44. The van der Waals surface area contributed by atoms with Crippen molar-refractivity contribution in [3.05, 3.63) is 55.9 Å². The summed E-state index contributed by atoms with van der Waals surface area (Å²) in [4.78, 5) is 35.5. The zero-order valence-electron chi connectivity index (χ0n) is 14.9. The lowest BCUT2D eigenvalue weighted by Gasteiger charge is -2.10. The number of esters is 1. The number of rotatable bonds is 7. The minimum absolute atomic E-state index is 0.0437. The zero-order valence-corrected chi connectivity index (χ0v) is 18.8.